The third-order valence-corrected chi connectivity index (χ3v) is 4.12. The molecule has 0 heterocycles. The molecule has 0 aromatic carbocycles. The van der Waals surface area contributed by atoms with Crippen LogP contribution in [0, 0.1) is 5.92 Å². The summed E-state index contributed by atoms with van der Waals surface area (Å²) in [5.41, 5.74) is 0. The molecule has 98 valence electrons. The van der Waals surface area contributed by atoms with Crippen LogP contribution in [0.25, 0.3) is 0 Å². The second-order valence-corrected chi connectivity index (χ2v) is 5.73. The maximum absolute atomic E-state index is 11.5. The van der Waals surface area contributed by atoms with E-state index in [1.54, 1.807) is 0 Å². The Balaban J connectivity index is 1.55. The predicted octanol–water partition coefficient (Wildman–Crippen LogP) is 2.21. The number of hydrogen-bond donors (Lipinski definition) is 2. The Bertz CT molecular complexity index is 245. The van der Waals surface area contributed by atoms with Gasteiger partial charge in [-0.2, -0.15) is 0 Å². The van der Waals surface area contributed by atoms with Gasteiger partial charge in [0.25, 0.3) is 0 Å². The lowest BCUT2D eigenvalue weighted by Crippen LogP contribution is -2.37. The molecule has 0 aromatic rings. The molecule has 1 atom stereocenters. The van der Waals surface area contributed by atoms with Crippen molar-refractivity contribution in [2.45, 2.75) is 70.4 Å². The molecule has 2 N–H and O–H groups in total. The molecule has 0 spiro atoms. The Morgan fingerprint density at radius 3 is 2.53 bits per heavy atom. The molecule has 3 nitrogen and oxygen atoms in total. The Labute approximate surface area is 105 Å². The molecular weight excluding hydrogens is 212 g/mol. The van der Waals surface area contributed by atoms with Gasteiger partial charge in [-0.1, -0.05) is 19.3 Å². The van der Waals surface area contributed by atoms with Gasteiger partial charge in [-0.05, 0) is 38.5 Å². The summed E-state index contributed by atoms with van der Waals surface area (Å²) in [7, 11) is 0. The molecular formula is C14H26N2O. The molecule has 0 aromatic heterocycles. The van der Waals surface area contributed by atoms with Crippen LogP contribution in [0.1, 0.15) is 58.3 Å². The summed E-state index contributed by atoms with van der Waals surface area (Å²) < 4.78 is 0. The van der Waals surface area contributed by atoms with Gasteiger partial charge in [0.05, 0.1) is 0 Å². The second kappa shape index (κ2) is 6.39. The van der Waals surface area contributed by atoms with Gasteiger partial charge in [0.15, 0.2) is 0 Å². The van der Waals surface area contributed by atoms with Crippen molar-refractivity contribution in [1.82, 2.24) is 10.6 Å². The number of carbonyl (C=O) groups is 1. The van der Waals surface area contributed by atoms with E-state index in [1.807, 2.05) is 0 Å². The summed E-state index contributed by atoms with van der Waals surface area (Å²) in [5, 5.41) is 6.54. The molecule has 0 aliphatic heterocycles. The lowest BCUT2D eigenvalue weighted by molar-refractivity contribution is -0.121. The molecule has 2 aliphatic carbocycles. The first-order valence-electron chi connectivity index (χ1n) is 7.28. The van der Waals surface area contributed by atoms with Crippen molar-refractivity contribution >= 4 is 5.91 Å². The minimum Gasteiger partial charge on any atom is -0.353 e. The lowest BCUT2D eigenvalue weighted by atomic mass is 9.84. The molecule has 2 aliphatic rings. The van der Waals surface area contributed by atoms with Crippen molar-refractivity contribution in [1.29, 1.82) is 0 Å². The summed E-state index contributed by atoms with van der Waals surface area (Å²) in [6.45, 7) is 3.10. The fourth-order valence-corrected chi connectivity index (χ4v) is 2.74. The average Bonchev–Trinajstić information content (AvgIpc) is 3.14. The van der Waals surface area contributed by atoms with Crippen LogP contribution in [0.2, 0.25) is 0 Å². The van der Waals surface area contributed by atoms with Crippen LogP contribution >= 0.6 is 0 Å². The monoisotopic (exact) mass is 238 g/mol. The van der Waals surface area contributed by atoms with E-state index in [-0.39, 0.29) is 5.91 Å². The van der Waals surface area contributed by atoms with Crippen LogP contribution < -0.4 is 10.6 Å². The quantitative estimate of drug-likeness (QED) is 0.745. The fourth-order valence-electron chi connectivity index (χ4n) is 2.74. The highest BCUT2D eigenvalue weighted by Crippen LogP contribution is 2.26. The van der Waals surface area contributed by atoms with Gasteiger partial charge in [-0.25, -0.2) is 0 Å². The minimum absolute atomic E-state index is 0.218. The zero-order chi connectivity index (χ0) is 12.1. The van der Waals surface area contributed by atoms with Crippen LogP contribution in [0.4, 0.5) is 0 Å². The van der Waals surface area contributed by atoms with E-state index in [2.05, 4.69) is 17.6 Å². The smallest absolute Gasteiger partial charge is 0.221 e. The van der Waals surface area contributed by atoms with E-state index in [4.69, 9.17) is 0 Å². The molecule has 2 fully saturated rings. The molecule has 1 amide bonds. The van der Waals surface area contributed by atoms with Crippen LogP contribution in [0.5, 0.6) is 0 Å². The Morgan fingerprint density at radius 1 is 1.18 bits per heavy atom. The van der Waals surface area contributed by atoms with Gasteiger partial charge in [0.1, 0.15) is 0 Å². The maximum Gasteiger partial charge on any atom is 0.221 e. The van der Waals surface area contributed by atoms with E-state index >= 15 is 0 Å². The summed E-state index contributed by atoms with van der Waals surface area (Å²) in [6, 6.07) is 1.07. The zero-order valence-electron chi connectivity index (χ0n) is 11.0. The van der Waals surface area contributed by atoms with E-state index in [9.17, 15) is 4.79 Å². The molecule has 0 saturated heterocycles. The van der Waals surface area contributed by atoms with Crippen molar-refractivity contribution in [3.05, 3.63) is 0 Å². The highest BCUT2D eigenvalue weighted by atomic mass is 16.1. The van der Waals surface area contributed by atoms with Crippen molar-refractivity contribution in [2.75, 3.05) is 6.54 Å². The zero-order valence-corrected chi connectivity index (χ0v) is 11.0. The molecule has 0 radical (unpaired) electrons. The van der Waals surface area contributed by atoms with Crippen LogP contribution in [-0.4, -0.2) is 24.5 Å². The fraction of sp³-hybridized carbons (Fsp3) is 0.929. The summed E-state index contributed by atoms with van der Waals surface area (Å²) in [6.07, 6.45) is 9.90. The third kappa shape index (κ3) is 4.66. The normalized spacial score (nSPS) is 23.4. The third-order valence-electron chi connectivity index (χ3n) is 4.12. The Morgan fingerprint density at radius 2 is 1.88 bits per heavy atom. The lowest BCUT2D eigenvalue weighted by Gasteiger charge is -2.28. The summed E-state index contributed by atoms with van der Waals surface area (Å²) >= 11 is 0. The van der Waals surface area contributed by atoms with Crippen molar-refractivity contribution in [2.24, 2.45) is 5.92 Å². The topological polar surface area (TPSA) is 41.1 Å². The van der Waals surface area contributed by atoms with Crippen molar-refractivity contribution in [3.8, 4) is 0 Å². The highest BCUT2D eigenvalue weighted by molar-refractivity contribution is 5.76. The molecule has 2 saturated carbocycles. The maximum atomic E-state index is 11.5. The number of nitrogens with one attached hydrogen (secondary N) is 2. The second-order valence-electron chi connectivity index (χ2n) is 5.73. The first-order chi connectivity index (χ1) is 8.25. The number of hydrogen-bond acceptors (Lipinski definition) is 2. The van der Waals surface area contributed by atoms with Gasteiger partial charge < -0.3 is 10.6 Å². The van der Waals surface area contributed by atoms with Gasteiger partial charge in [0, 0.05) is 25.0 Å². The van der Waals surface area contributed by atoms with Crippen molar-refractivity contribution in [3.63, 3.8) is 0 Å². The van der Waals surface area contributed by atoms with E-state index in [1.165, 1.54) is 44.9 Å². The van der Waals surface area contributed by atoms with Crippen molar-refractivity contribution < 1.29 is 4.79 Å². The predicted molar refractivity (Wildman–Crippen MR) is 69.8 cm³/mol. The number of amides is 1. The minimum atomic E-state index is 0.218. The van der Waals surface area contributed by atoms with Gasteiger partial charge >= 0.3 is 0 Å². The van der Waals surface area contributed by atoms with Gasteiger partial charge in [-0.3, -0.25) is 4.79 Å². The van der Waals surface area contributed by atoms with Crippen LogP contribution in [0.15, 0.2) is 0 Å². The molecule has 0 unspecified atom stereocenters. The first-order valence-corrected chi connectivity index (χ1v) is 7.28. The molecule has 0 bridgehead atoms. The largest absolute Gasteiger partial charge is 0.353 e. The molecule has 3 heteroatoms. The SMILES string of the molecule is C[C@@H](NCCC(=O)NC1CC1)C1CCCCC1. The highest BCUT2D eigenvalue weighted by Gasteiger charge is 2.23. The molecule has 2 rings (SSSR count). The van der Waals surface area contributed by atoms with Crippen LogP contribution in [0.3, 0.4) is 0 Å². The summed E-state index contributed by atoms with van der Waals surface area (Å²) in [4.78, 5) is 11.5. The number of carbonyl (C=O) groups excluding carboxylic acids is 1. The summed E-state index contributed by atoms with van der Waals surface area (Å²) in [5.74, 6) is 1.05. The van der Waals surface area contributed by atoms with Gasteiger partial charge in [0.2, 0.25) is 5.91 Å². The number of rotatable bonds is 6. The first kappa shape index (κ1) is 12.9. The molecule has 17 heavy (non-hydrogen) atoms. The standard InChI is InChI=1S/C14H26N2O/c1-11(12-5-3-2-4-6-12)15-10-9-14(17)16-13-7-8-13/h11-13,15H,2-10H2,1H3,(H,16,17)/t11-/m1/s1. The van der Waals surface area contributed by atoms with Crippen LogP contribution in [-0.2, 0) is 4.79 Å². The van der Waals surface area contributed by atoms with E-state index in [0.29, 0.717) is 18.5 Å². The van der Waals surface area contributed by atoms with E-state index < -0.39 is 0 Å². The Kier molecular flexibility index (Phi) is 4.84. The van der Waals surface area contributed by atoms with Gasteiger partial charge in [-0.15, -0.1) is 0 Å². The average molecular weight is 238 g/mol. The Hall–Kier alpha value is -0.570. The van der Waals surface area contributed by atoms with E-state index in [0.717, 1.165) is 12.5 Å².